The minimum atomic E-state index is -0.606. The number of esters is 1. The summed E-state index contributed by atoms with van der Waals surface area (Å²) in [4.78, 5) is 31.9. The van der Waals surface area contributed by atoms with Gasteiger partial charge in [-0.1, -0.05) is 85.0 Å². The van der Waals surface area contributed by atoms with Gasteiger partial charge in [-0.3, -0.25) is 9.36 Å². The summed E-state index contributed by atoms with van der Waals surface area (Å²) in [5.41, 5.74) is 3.64. The summed E-state index contributed by atoms with van der Waals surface area (Å²) in [5, 5.41) is 0. The first-order valence-electron chi connectivity index (χ1n) is 12.1. The Bertz CT molecular complexity index is 1690. The number of aromatic nitrogens is 1. The van der Waals surface area contributed by atoms with E-state index in [2.05, 4.69) is 22.6 Å². The largest absolute Gasteiger partial charge is 0.488 e. The molecule has 192 valence electrons. The second kappa shape index (κ2) is 11.5. The lowest BCUT2D eigenvalue weighted by molar-refractivity contribution is -0.136. The molecule has 1 atom stereocenters. The number of carbonyl (C=O) groups excluding carboxylic acids is 1. The van der Waals surface area contributed by atoms with Gasteiger partial charge < -0.3 is 9.47 Å². The SMILES string of the molecule is CCC1=C(C(=O)OC)[C@@H](c2ccccc2)n2c(s/c(=C\c3ccc(OCc4ccccc4)c(I)c3)c2=O)=N1. The maximum Gasteiger partial charge on any atom is 0.338 e. The highest BCUT2D eigenvalue weighted by atomic mass is 127. The van der Waals surface area contributed by atoms with Crippen LogP contribution in [-0.2, 0) is 16.1 Å². The number of hydrogen-bond donors (Lipinski definition) is 0. The van der Waals surface area contributed by atoms with E-state index in [-0.39, 0.29) is 5.56 Å². The molecule has 0 amide bonds. The predicted octanol–water partition coefficient (Wildman–Crippen LogP) is 4.98. The first-order valence-corrected chi connectivity index (χ1v) is 14.0. The number of allylic oxidation sites excluding steroid dienone is 1. The number of halogens is 1. The summed E-state index contributed by atoms with van der Waals surface area (Å²) in [7, 11) is 1.35. The molecular weight excluding hydrogens is 611 g/mol. The third-order valence-electron chi connectivity index (χ3n) is 6.26. The first kappa shape index (κ1) is 26.1. The Labute approximate surface area is 237 Å². The van der Waals surface area contributed by atoms with Crippen molar-refractivity contribution in [2.24, 2.45) is 4.99 Å². The molecule has 0 saturated heterocycles. The Morgan fingerprint density at radius 2 is 1.79 bits per heavy atom. The van der Waals surface area contributed by atoms with Gasteiger partial charge in [0.05, 0.1) is 32.5 Å². The van der Waals surface area contributed by atoms with Crippen molar-refractivity contribution in [1.29, 1.82) is 0 Å². The Morgan fingerprint density at radius 3 is 2.45 bits per heavy atom. The van der Waals surface area contributed by atoms with Gasteiger partial charge in [0.2, 0.25) is 0 Å². The van der Waals surface area contributed by atoms with Gasteiger partial charge in [-0.15, -0.1) is 0 Å². The molecule has 1 aromatic heterocycles. The lowest BCUT2D eigenvalue weighted by atomic mass is 9.95. The molecule has 1 aliphatic heterocycles. The van der Waals surface area contributed by atoms with Gasteiger partial charge in [-0.05, 0) is 63.9 Å². The fraction of sp³-hybridized carbons (Fsp3) is 0.167. The smallest absolute Gasteiger partial charge is 0.338 e. The zero-order valence-electron chi connectivity index (χ0n) is 20.9. The fourth-order valence-corrected chi connectivity index (χ4v) is 6.14. The van der Waals surface area contributed by atoms with Gasteiger partial charge in [0.15, 0.2) is 4.80 Å². The van der Waals surface area contributed by atoms with E-state index >= 15 is 0 Å². The first-order chi connectivity index (χ1) is 18.5. The van der Waals surface area contributed by atoms with Gasteiger partial charge in [0.1, 0.15) is 12.4 Å². The predicted molar refractivity (Wildman–Crippen MR) is 157 cm³/mol. The number of nitrogens with zero attached hydrogens (tertiary/aromatic N) is 2. The number of fused-ring (bicyclic) bond motifs is 1. The zero-order valence-corrected chi connectivity index (χ0v) is 23.9. The highest BCUT2D eigenvalue weighted by Gasteiger charge is 2.33. The quantitative estimate of drug-likeness (QED) is 0.212. The number of benzene rings is 3. The molecule has 3 aromatic carbocycles. The number of methoxy groups -OCH3 is 1. The van der Waals surface area contributed by atoms with Gasteiger partial charge in [-0.25, -0.2) is 9.79 Å². The normalized spacial score (nSPS) is 15.1. The number of hydrogen-bond acceptors (Lipinski definition) is 6. The molecular formula is C30H25IN2O4S. The molecule has 5 rings (SSSR count). The van der Waals surface area contributed by atoms with Crippen LogP contribution in [-0.4, -0.2) is 17.6 Å². The fourth-order valence-electron chi connectivity index (χ4n) is 4.43. The lowest BCUT2D eigenvalue weighted by Gasteiger charge is -2.25. The minimum absolute atomic E-state index is 0.196. The summed E-state index contributed by atoms with van der Waals surface area (Å²) in [6.07, 6.45) is 2.41. The zero-order chi connectivity index (χ0) is 26.6. The molecule has 0 unspecified atom stereocenters. The van der Waals surface area contributed by atoms with E-state index in [0.29, 0.717) is 33.6 Å². The topological polar surface area (TPSA) is 69.9 Å². The van der Waals surface area contributed by atoms with Crippen LogP contribution in [0.25, 0.3) is 6.08 Å². The summed E-state index contributed by atoms with van der Waals surface area (Å²) in [5.74, 6) is 0.307. The van der Waals surface area contributed by atoms with E-state index < -0.39 is 12.0 Å². The summed E-state index contributed by atoms with van der Waals surface area (Å²) in [6.45, 7) is 2.43. The molecule has 0 fully saturated rings. The second-order valence-corrected chi connectivity index (χ2v) is 10.8. The van der Waals surface area contributed by atoms with E-state index in [0.717, 1.165) is 26.0 Å². The molecule has 0 spiro atoms. The second-order valence-electron chi connectivity index (χ2n) is 8.66. The summed E-state index contributed by atoms with van der Waals surface area (Å²) in [6, 6.07) is 24.8. The van der Waals surface area contributed by atoms with Gasteiger partial charge in [0, 0.05) is 0 Å². The van der Waals surface area contributed by atoms with E-state index in [9.17, 15) is 9.59 Å². The van der Waals surface area contributed by atoms with Crippen LogP contribution in [0.1, 0.15) is 36.1 Å². The molecule has 0 bridgehead atoms. The van der Waals surface area contributed by atoms with Gasteiger partial charge >= 0.3 is 5.97 Å². The summed E-state index contributed by atoms with van der Waals surface area (Å²) < 4.78 is 14.2. The van der Waals surface area contributed by atoms with E-state index in [1.54, 1.807) is 4.57 Å². The van der Waals surface area contributed by atoms with E-state index in [1.807, 2.05) is 91.9 Å². The molecule has 2 heterocycles. The van der Waals surface area contributed by atoms with Crippen LogP contribution in [0, 0.1) is 3.57 Å². The maximum atomic E-state index is 13.7. The number of ether oxygens (including phenoxy) is 2. The minimum Gasteiger partial charge on any atom is -0.488 e. The molecule has 0 aliphatic carbocycles. The Balaban J connectivity index is 1.55. The van der Waals surface area contributed by atoms with E-state index in [4.69, 9.17) is 14.5 Å². The lowest BCUT2D eigenvalue weighted by Crippen LogP contribution is -2.40. The maximum absolute atomic E-state index is 13.7. The van der Waals surface area contributed by atoms with Crippen molar-refractivity contribution < 1.29 is 14.3 Å². The average Bonchev–Trinajstić information content (AvgIpc) is 3.26. The van der Waals surface area contributed by atoms with Crippen LogP contribution in [0.5, 0.6) is 5.75 Å². The van der Waals surface area contributed by atoms with E-state index in [1.165, 1.54) is 18.4 Å². The molecule has 6 nitrogen and oxygen atoms in total. The standard InChI is InChI=1S/C30H25IN2O4S/c1-3-23-26(29(35)36-2)27(21-12-8-5-9-13-21)33-28(34)25(38-30(33)32-23)17-20-14-15-24(22(31)16-20)37-18-19-10-6-4-7-11-19/h4-17,27H,3,18H2,1-2H3/b25-17-/t27-/m1/s1. The Hall–Kier alpha value is -3.50. The van der Waals surface area contributed by atoms with Crippen LogP contribution >= 0.6 is 33.9 Å². The van der Waals surface area contributed by atoms with Crippen molar-refractivity contribution in [1.82, 2.24) is 4.57 Å². The third-order valence-corrected chi connectivity index (χ3v) is 8.08. The number of thiazole rings is 1. The van der Waals surface area contributed by atoms with Crippen molar-refractivity contribution in [2.75, 3.05) is 7.11 Å². The van der Waals surface area contributed by atoms with Crippen LogP contribution in [0.2, 0.25) is 0 Å². The molecule has 1 aliphatic rings. The van der Waals surface area contributed by atoms with Crippen molar-refractivity contribution >= 4 is 46.0 Å². The monoisotopic (exact) mass is 636 g/mol. The average molecular weight is 637 g/mol. The van der Waals surface area contributed by atoms with Gasteiger partial charge in [-0.2, -0.15) is 0 Å². The highest BCUT2D eigenvalue weighted by Crippen LogP contribution is 2.31. The third kappa shape index (κ3) is 5.23. The Morgan fingerprint density at radius 1 is 1.08 bits per heavy atom. The number of rotatable bonds is 7. The van der Waals surface area contributed by atoms with Crippen LogP contribution < -0.4 is 19.6 Å². The van der Waals surface area contributed by atoms with Crippen molar-refractivity contribution in [2.45, 2.75) is 26.0 Å². The van der Waals surface area contributed by atoms with Gasteiger partial charge in [0.25, 0.3) is 5.56 Å². The number of carbonyl (C=O) groups is 1. The summed E-state index contributed by atoms with van der Waals surface area (Å²) >= 11 is 3.57. The molecule has 4 aromatic rings. The molecule has 38 heavy (non-hydrogen) atoms. The highest BCUT2D eigenvalue weighted by molar-refractivity contribution is 14.1. The molecule has 0 N–H and O–H groups in total. The molecule has 0 saturated carbocycles. The van der Waals surface area contributed by atoms with Crippen LogP contribution in [0.3, 0.4) is 0 Å². The Kier molecular flexibility index (Phi) is 7.90. The van der Waals surface area contributed by atoms with Crippen molar-refractivity contribution in [3.63, 3.8) is 0 Å². The van der Waals surface area contributed by atoms with Crippen LogP contribution in [0.15, 0.2) is 99.9 Å². The molecule has 0 radical (unpaired) electrons. The molecule has 8 heteroatoms. The van der Waals surface area contributed by atoms with Crippen molar-refractivity contribution in [3.05, 3.63) is 130 Å². The van der Waals surface area contributed by atoms with Crippen LogP contribution in [0.4, 0.5) is 0 Å². The van der Waals surface area contributed by atoms with Crippen molar-refractivity contribution in [3.8, 4) is 5.75 Å².